The van der Waals surface area contributed by atoms with Crippen LogP contribution in [0, 0.1) is 0 Å². The van der Waals surface area contributed by atoms with E-state index in [0.717, 1.165) is 0 Å². The summed E-state index contributed by atoms with van der Waals surface area (Å²) in [5.74, 6) is 0.648. The van der Waals surface area contributed by atoms with Crippen molar-refractivity contribution in [2.45, 2.75) is 31.1 Å². The van der Waals surface area contributed by atoms with E-state index in [-0.39, 0.29) is 5.41 Å². The van der Waals surface area contributed by atoms with E-state index in [4.69, 9.17) is 5.73 Å². The second-order valence-electron chi connectivity index (χ2n) is 4.09. The van der Waals surface area contributed by atoms with Gasteiger partial charge in [-0.3, -0.25) is 0 Å². The van der Waals surface area contributed by atoms with Crippen LogP contribution >= 0.6 is 11.8 Å². The molecule has 0 atom stereocenters. The van der Waals surface area contributed by atoms with Gasteiger partial charge in [-0.1, -0.05) is 32.9 Å². The van der Waals surface area contributed by atoms with E-state index >= 15 is 0 Å². The van der Waals surface area contributed by atoms with Gasteiger partial charge in [0.15, 0.2) is 0 Å². The zero-order chi connectivity index (χ0) is 9.90. The fourth-order valence-corrected chi connectivity index (χ4v) is 1.67. The molecule has 2 N–H and O–H groups in total. The lowest BCUT2D eigenvalue weighted by Crippen LogP contribution is -2.10. The van der Waals surface area contributed by atoms with Crippen molar-refractivity contribution < 1.29 is 0 Å². The Morgan fingerprint density at radius 2 is 1.69 bits per heavy atom. The van der Waals surface area contributed by atoms with Crippen molar-refractivity contribution >= 4 is 11.8 Å². The SMILES string of the molecule is CC(C)(C)c1ccc(SCN)cc1. The summed E-state index contributed by atoms with van der Waals surface area (Å²) >= 11 is 1.67. The molecule has 1 aromatic carbocycles. The molecule has 0 radical (unpaired) electrons. The van der Waals surface area contributed by atoms with Gasteiger partial charge in [-0.05, 0) is 23.1 Å². The van der Waals surface area contributed by atoms with Crippen LogP contribution in [0.25, 0.3) is 0 Å². The summed E-state index contributed by atoms with van der Waals surface area (Å²) < 4.78 is 0. The largest absolute Gasteiger partial charge is 0.322 e. The van der Waals surface area contributed by atoms with E-state index in [0.29, 0.717) is 5.88 Å². The second-order valence-corrected chi connectivity index (χ2v) is 5.18. The van der Waals surface area contributed by atoms with Gasteiger partial charge in [0.1, 0.15) is 0 Å². The third kappa shape index (κ3) is 3.05. The Kier molecular flexibility index (Phi) is 3.40. The van der Waals surface area contributed by atoms with E-state index in [1.165, 1.54) is 10.5 Å². The summed E-state index contributed by atoms with van der Waals surface area (Å²) in [4.78, 5) is 1.25. The molecule has 0 aliphatic rings. The molecule has 1 rings (SSSR count). The summed E-state index contributed by atoms with van der Waals surface area (Å²) in [7, 11) is 0. The van der Waals surface area contributed by atoms with Gasteiger partial charge in [0.05, 0.1) is 0 Å². The lowest BCUT2D eigenvalue weighted by Gasteiger charge is -2.18. The molecule has 0 aromatic heterocycles. The predicted molar refractivity (Wildman–Crippen MR) is 60.1 cm³/mol. The first-order valence-electron chi connectivity index (χ1n) is 4.47. The Morgan fingerprint density at radius 3 is 2.08 bits per heavy atom. The van der Waals surface area contributed by atoms with Crippen LogP contribution in [0.3, 0.4) is 0 Å². The fourth-order valence-electron chi connectivity index (χ4n) is 1.15. The van der Waals surface area contributed by atoms with Gasteiger partial charge in [0.2, 0.25) is 0 Å². The predicted octanol–water partition coefficient (Wildman–Crippen LogP) is 2.99. The summed E-state index contributed by atoms with van der Waals surface area (Å²) in [5.41, 5.74) is 7.06. The summed E-state index contributed by atoms with van der Waals surface area (Å²) in [6.45, 7) is 6.66. The summed E-state index contributed by atoms with van der Waals surface area (Å²) in [6, 6.07) is 8.63. The van der Waals surface area contributed by atoms with Gasteiger partial charge in [0.25, 0.3) is 0 Å². The molecule has 0 fully saturated rings. The van der Waals surface area contributed by atoms with Gasteiger partial charge in [0, 0.05) is 10.8 Å². The van der Waals surface area contributed by atoms with Gasteiger partial charge in [-0.25, -0.2) is 0 Å². The van der Waals surface area contributed by atoms with Crippen LogP contribution in [0.4, 0.5) is 0 Å². The number of hydrogen-bond acceptors (Lipinski definition) is 2. The van der Waals surface area contributed by atoms with E-state index in [1.54, 1.807) is 11.8 Å². The number of thioether (sulfide) groups is 1. The van der Waals surface area contributed by atoms with Crippen molar-refractivity contribution in [3.05, 3.63) is 29.8 Å². The highest BCUT2D eigenvalue weighted by Crippen LogP contribution is 2.24. The first-order chi connectivity index (χ1) is 6.04. The third-order valence-electron chi connectivity index (χ3n) is 1.97. The van der Waals surface area contributed by atoms with Crippen molar-refractivity contribution in [3.63, 3.8) is 0 Å². The number of nitrogens with two attached hydrogens (primary N) is 1. The van der Waals surface area contributed by atoms with Crippen LogP contribution in [-0.2, 0) is 5.41 Å². The third-order valence-corrected chi connectivity index (χ3v) is 2.74. The Hall–Kier alpha value is -0.470. The molecule has 72 valence electrons. The highest BCUT2D eigenvalue weighted by Gasteiger charge is 2.12. The Labute approximate surface area is 84.7 Å². The van der Waals surface area contributed by atoms with Crippen LogP contribution in [0.2, 0.25) is 0 Å². The molecule has 0 amide bonds. The number of rotatable bonds is 2. The van der Waals surface area contributed by atoms with Gasteiger partial charge in [-0.2, -0.15) is 0 Å². The summed E-state index contributed by atoms with van der Waals surface area (Å²) in [5, 5.41) is 0. The fraction of sp³-hybridized carbons (Fsp3) is 0.455. The molecule has 0 saturated carbocycles. The highest BCUT2D eigenvalue weighted by atomic mass is 32.2. The molecule has 2 heteroatoms. The molecule has 0 unspecified atom stereocenters. The van der Waals surface area contributed by atoms with Crippen LogP contribution in [0.1, 0.15) is 26.3 Å². The van der Waals surface area contributed by atoms with E-state index < -0.39 is 0 Å². The average molecular weight is 195 g/mol. The maximum Gasteiger partial charge on any atom is 0.0440 e. The van der Waals surface area contributed by atoms with Gasteiger partial charge >= 0.3 is 0 Å². The molecule has 1 nitrogen and oxygen atoms in total. The maximum atomic E-state index is 5.45. The van der Waals surface area contributed by atoms with Crippen LogP contribution in [0.15, 0.2) is 29.2 Å². The topological polar surface area (TPSA) is 26.0 Å². The Morgan fingerprint density at radius 1 is 1.15 bits per heavy atom. The lowest BCUT2D eigenvalue weighted by atomic mass is 9.87. The van der Waals surface area contributed by atoms with E-state index in [1.807, 2.05) is 0 Å². The first kappa shape index (κ1) is 10.6. The zero-order valence-electron chi connectivity index (χ0n) is 8.50. The molecule has 0 bridgehead atoms. The Bertz CT molecular complexity index is 258. The smallest absolute Gasteiger partial charge is 0.0440 e. The molecule has 0 saturated heterocycles. The zero-order valence-corrected chi connectivity index (χ0v) is 9.32. The monoisotopic (exact) mass is 195 g/mol. The molecule has 0 heterocycles. The normalized spacial score (nSPS) is 11.7. The van der Waals surface area contributed by atoms with E-state index in [9.17, 15) is 0 Å². The maximum absolute atomic E-state index is 5.45. The van der Waals surface area contributed by atoms with Crippen molar-refractivity contribution in [1.29, 1.82) is 0 Å². The van der Waals surface area contributed by atoms with Crippen LogP contribution in [0.5, 0.6) is 0 Å². The molecular weight excluding hydrogens is 178 g/mol. The quantitative estimate of drug-likeness (QED) is 0.580. The van der Waals surface area contributed by atoms with Gasteiger partial charge < -0.3 is 5.73 Å². The summed E-state index contributed by atoms with van der Waals surface area (Å²) in [6.07, 6.45) is 0. The number of benzene rings is 1. The minimum atomic E-state index is 0.242. The van der Waals surface area contributed by atoms with Gasteiger partial charge in [-0.15, -0.1) is 11.8 Å². The molecule has 0 aliphatic heterocycles. The van der Waals surface area contributed by atoms with Crippen LogP contribution in [-0.4, -0.2) is 5.88 Å². The average Bonchev–Trinajstić information content (AvgIpc) is 2.04. The lowest BCUT2D eigenvalue weighted by molar-refractivity contribution is 0.590. The minimum Gasteiger partial charge on any atom is -0.322 e. The molecule has 0 spiro atoms. The van der Waals surface area contributed by atoms with Crippen LogP contribution < -0.4 is 5.73 Å². The van der Waals surface area contributed by atoms with Crippen molar-refractivity contribution in [3.8, 4) is 0 Å². The second kappa shape index (κ2) is 4.16. The Balaban J connectivity index is 2.81. The molecule has 1 aromatic rings. The number of hydrogen-bond donors (Lipinski definition) is 1. The molecular formula is C11H17NS. The standard InChI is InChI=1S/C11H17NS/c1-11(2,3)9-4-6-10(7-5-9)13-8-12/h4-7H,8,12H2,1-3H3. The first-order valence-corrected chi connectivity index (χ1v) is 5.46. The van der Waals surface area contributed by atoms with E-state index in [2.05, 4.69) is 45.0 Å². The van der Waals surface area contributed by atoms with Crippen molar-refractivity contribution in [1.82, 2.24) is 0 Å². The van der Waals surface area contributed by atoms with Crippen molar-refractivity contribution in [2.75, 3.05) is 5.88 Å². The highest BCUT2D eigenvalue weighted by molar-refractivity contribution is 7.99. The van der Waals surface area contributed by atoms with Crippen molar-refractivity contribution in [2.24, 2.45) is 5.73 Å². The molecule has 13 heavy (non-hydrogen) atoms. The molecule has 0 aliphatic carbocycles. The minimum absolute atomic E-state index is 0.242.